The third kappa shape index (κ3) is 3.14. The first kappa shape index (κ1) is 11.2. The Morgan fingerprint density at radius 1 is 1.50 bits per heavy atom. The number of hydrogen-bond acceptors (Lipinski definition) is 2. The molecule has 1 rings (SSSR count). The van der Waals surface area contributed by atoms with Gasteiger partial charge in [-0.2, -0.15) is 0 Å². The van der Waals surface area contributed by atoms with E-state index in [1.54, 1.807) is 0 Å². The van der Waals surface area contributed by atoms with E-state index in [1.165, 1.54) is 38.2 Å². The third-order valence-electron chi connectivity index (χ3n) is 2.99. The van der Waals surface area contributed by atoms with E-state index in [1.807, 2.05) is 0 Å². The van der Waals surface area contributed by atoms with Crippen LogP contribution < -0.4 is 11.1 Å². The number of nitrogens with one attached hydrogen (secondary N) is 1. The van der Waals surface area contributed by atoms with Crippen molar-refractivity contribution in [2.24, 2.45) is 11.7 Å². The number of carbonyl (C=O) groups excluding carboxylic acids is 1. The molecular formula is C11H20N2O. The minimum atomic E-state index is -0.106. The zero-order chi connectivity index (χ0) is 10.4. The molecule has 1 aliphatic carbocycles. The summed E-state index contributed by atoms with van der Waals surface area (Å²) in [6.07, 6.45) is 7.56. The summed E-state index contributed by atoms with van der Waals surface area (Å²) in [6.45, 7) is 3.97. The monoisotopic (exact) mass is 196 g/mol. The molecule has 0 aromatic heterocycles. The van der Waals surface area contributed by atoms with Gasteiger partial charge < -0.3 is 11.1 Å². The lowest BCUT2D eigenvalue weighted by atomic mass is 9.84. The third-order valence-corrected chi connectivity index (χ3v) is 2.99. The maximum atomic E-state index is 11.1. The molecule has 0 heterocycles. The topological polar surface area (TPSA) is 55.1 Å². The summed E-state index contributed by atoms with van der Waals surface area (Å²) >= 11 is 0. The van der Waals surface area contributed by atoms with Crippen molar-refractivity contribution in [1.29, 1.82) is 0 Å². The lowest BCUT2D eigenvalue weighted by molar-refractivity contribution is -0.117. The first-order chi connectivity index (χ1) is 6.77. The Balaban J connectivity index is 2.42. The van der Waals surface area contributed by atoms with E-state index in [-0.39, 0.29) is 11.9 Å². The van der Waals surface area contributed by atoms with Gasteiger partial charge in [-0.3, -0.25) is 4.79 Å². The van der Waals surface area contributed by atoms with Gasteiger partial charge in [-0.1, -0.05) is 25.8 Å². The molecule has 0 spiro atoms. The van der Waals surface area contributed by atoms with Crippen molar-refractivity contribution >= 4 is 5.91 Å². The van der Waals surface area contributed by atoms with Crippen LogP contribution in [0.25, 0.3) is 0 Å². The Labute approximate surface area is 85.7 Å². The molecular weight excluding hydrogens is 176 g/mol. The Bertz CT molecular complexity index is 197. The van der Waals surface area contributed by atoms with E-state index in [0.29, 0.717) is 12.5 Å². The van der Waals surface area contributed by atoms with Crippen LogP contribution in [0.4, 0.5) is 0 Å². The summed E-state index contributed by atoms with van der Waals surface area (Å²) in [5.41, 5.74) is 5.66. The van der Waals surface area contributed by atoms with E-state index in [0.717, 1.165) is 0 Å². The van der Waals surface area contributed by atoms with E-state index in [2.05, 4.69) is 11.9 Å². The average molecular weight is 196 g/mol. The molecule has 3 nitrogen and oxygen atoms in total. The molecule has 14 heavy (non-hydrogen) atoms. The molecule has 0 bridgehead atoms. The second-order valence-corrected chi connectivity index (χ2v) is 3.95. The van der Waals surface area contributed by atoms with E-state index in [9.17, 15) is 4.79 Å². The fraction of sp³-hybridized carbons (Fsp3) is 0.727. The van der Waals surface area contributed by atoms with Gasteiger partial charge in [0, 0.05) is 12.6 Å². The Morgan fingerprint density at radius 2 is 2.14 bits per heavy atom. The second-order valence-electron chi connectivity index (χ2n) is 3.95. The van der Waals surface area contributed by atoms with Crippen LogP contribution in [0.15, 0.2) is 12.7 Å². The summed E-state index contributed by atoms with van der Waals surface area (Å²) < 4.78 is 0. The predicted octanol–water partition coefficient (Wildman–Crippen LogP) is 1.20. The van der Waals surface area contributed by atoms with Crippen molar-refractivity contribution in [2.75, 3.05) is 6.54 Å². The van der Waals surface area contributed by atoms with Crippen LogP contribution in [0.1, 0.15) is 32.1 Å². The molecule has 1 amide bonds. The van der Waals surface area contributed by atoms with Crippen LogP contribution in [0.2, 0.25) is 0 Å². The van der Waals surface area contributed by atoms with Crippen molar-refractivity contribution in [3.05, 3.63) is 12.7 Å². The largest absolute Gasteiger partial charge is 0.348 e. The Kier molecular flexibility index (Phi) is 4.66. The van der Waals surface area contributed by atoms with Gasteiger partial charge in [0.25, 0.3) is 0 Å². The number of nitrogens with two attached hydrogens (primary N) is 1. The van der Waals surface area contributed by atoms with Gasteiger partial charge in [0.05, 0.1) is 0 Å². The highest BCUT2D eigenvalue weighted by molar-refractivity contribution is 5.87. The van der Waals surface area contributed by atoms with Gasteiger partial charge in [-0.05, 0) is 24.8 Å². The molecule has 1 saturated carbocycles. The smallest absolute Gasteiger partial charge is 0.243 e. The second kappa shape index (κ2) is 5.81. The van der Waals surface area contributed by atoms with Gasteiger partial charge in [-0.15, -0.1) is 0 Å². The van der Waals surface area contributed by atoms with Gasteiger partial charge in [0.15, 0.2) is 0 Å². The zero-order valence-corrected chi connectivity index (χ0v) is 8.67. The van der Waals surface area contributed by atoms with E-state index >= 15 is 0 Å². The summed E-state index contributed by atoms with van der Waals surface area (Å²) in [4.78, 5) is 11.1. The first-order valence-corrected chi connectivity index (χ1v) is 5.41. The number of amides is 1. The highest BCUT2D eigenvalue weighted by atomic mass is 16.1. The highest BCUT2D eigenvalue weighted by Gasteiger charge is 2.22. The standard InChI is InChI=1S/C11H20N2O/c1-2-11(14)13-10(8-12)9-6-4-3-5-7-9/h2,9-10H,1,3-8,12H2,(H,13,14). The lowest BCUT2D eigenvalue weighted by Crippen LogP contribution is -2.45. The van der Waals surface area contributed by atoms with Crippen molar-refractivity contribution in [1.82, 2.24) is 5.32 Å². The lowest BCUT2D eigenvalue weighted by Gasteiger charge is -2.29. The van der Waals surface area contributed by atoms with Crippen molar-refractivity contribution < 1.29 is 4.79 Å². The summed E-state index contributed by atoms with van der Waals surface area (Å²) in [7, 11) is 0. The van der Waals surface area contributed by atoms with Gasteiger partial charge in [-0.25, -0.2) is 0 Å². The van der Waals surface area contributed by atoms with Crippen LogP contribution >= 0.6 is 0 Å². The first-order valence-electron chi connectivity index (χ1n) is 5.41. The normalized spacial score (nSPS) is 20.1. The Morgan fingerprint density at radius 3 is 2.64 bits per heavy atom. The molecule has 0 aromatic carbocycles. The minimum absolute atomic E-state index is 0.106. The van der Waals surface area contributed by atoms with Crippen LogP contribution in [0.3, 0.4) is 0 Å². The fourth-order valence-electron chi connectivity index (χ4n) is 2.15. The molecule has 80 valence electrons. The van der Waals surface area contributed by atoms with Crippen LogP contribution in [-0.2, 0) is 4.79 Å². The molecule has 1 atom stereocenters. The number of hydrogen-bond donors (Lipinski definition) is 2. The summed E-state index contributed by atoms with van der Waals surface area (Å²) in [6, 6.07) is 0.140. The van der Waals surface area contributed by atoms with Gasteiger partial charge >= 0.3 is 0 Å². The number of carbonyl (C=O) groups is 1. The molecule has 0 radical (unpaired) electrons. The highest BCUT2D eigenvalue weighted by Crippen LogP contribution is 2.26. The van der Waals surface area contributed by atoms with E-state index in [4.69, 9.17) is 5.73 Å². The quantitative estimate of drug-likeness (QED) is 0.664. The van der Waals surface area contributed by atoms with Crippen LogP contribution in [-0.4, -0.2) is 18.5 Å². The molecule has 0 saturated heterocycles. The van der Waals surface area contributed by atoms with E-state index < -0.39 is 0 Å². The molecule has 1 unspecified atom stereocenters. The minimum Gasteiger partial charge on any atom is -0.348 e. The van der Waals surface area contributed by atoms with Crippen molar-refractivity contribution in [3.8, 4) is 0 Å². The molecule has 3 heteroatoms. The molecule has 0 aromatic rings. The Hall–Kier alpha value is -0.830. The maximum absolute atomic E-state index is 11.1. The summed E-state index contributed by atoms with van der Waals surface area (Å²) in [5, 5.41) is 2.90. The van der Waals surface area contributed by atoms with Crippen molar-refractivity contribution in [3.63, 3.8) is 0 Å². The average Bonchev–Trinajstić information content (AvgIpc) is 2.26. The molecule has 1 fully saturated rings. The molecule has 3 N–H and O–H groups in total. The summed E-state index contributed by atoms with van der Waals surface area (Å²) in [5.74, 6) is 0.462. The van der Waals surface area contributed by atoms with Gasteiger partial charge in [0.1, 0.15) is 0 Å². The molecule has 0 aliphatic heterocycles. The zero-order valence-electron chi connectivity index (χ0n) is 8.67. The maximum Gasteiger partial charge on any atom is 0.243 e. The predicted molar refractivity (Wildman–Crippen MR) is 57.8 cm³/mol. The fourth-order valence-corrected chi connectivity index (χ4v) is 2.15. The van der Waals surface area contributed by atoms with Crippen molar-refractivity contribution in [2.45, 2.75) is 38.1 Å². The molecule has 1 aliphatic rings. The van der Waals surface area contributed by atoms with Gasteiger partial charge in [0.2, 0.25) is 5.91 Å². The van der Waals surface area contributed by atoms with Crippen LogP contribution in [0, 0.1) is 5.92 Å². The number of rotatable bonds is 4. The van der Waals surface area contributed by atoms with Crippen LogP contribution in [0.5, 0.6) is 0 Å². The SMILES string of the molecule is C=CC(=O)NC(CN)C1CCCCC1.